The Balaban J connectivity index is 0.000000146. The monoisotopic (exact) mass is 328 g/mol. The van der Waals surface area contributed by atoms with Gasteiger partial charge in [-0.05, 0) is 42.3 Å². The molecule has 0 N–H and O–H groups in total. The number of hydrogen-bond donors (Lipinski definition) is 0. The lowest BCUT2D eigenvalue weighted by Crippen LogP contribution is -1.91. The first-order chi connectivity index (χ1) is 12.2. The topological polar surface area (TPSA) is 82.2 Å². The van der Waals surface area contributed by atoms with E-state index in [0.29, 0.717) is 6.42 Å². The highest BCUT2D eigenvalue weighted by molar-refractivity contribution is 5.43. The minimum Gasteiger partial charge on any atom is -0.307 e. The number of imidazole rings is 2. The van der Waals surface area contributed by atoms with Crippen LogP contribution >= 0.6 is 0 Å². The first-order valence-electron chi connectivity index (χ1n) is 7.82. The van der Waals surface area contributed by atoms with Crippen molar-refractivity contribution in [3.8, 4) is 12.1 Å². The quantitative estimate of drug-likeness (QED) is 0.565. The lowest BCUT2D eigenvalue weighted by atomic mass is 10.0. The molecule has 4 aromatic rings. The maximum atomic E-state index is 8.73. The van der Waals surface area contributed by atoms with Crippen LogP contribution in [0, 0.1) is 22.7 Å². The van der Waals surface area contributed by atoms with Crippen molar-refractivity contribution >= 4 is 11.3 Å². The van der Waals surface area contributed by atoms with Crippen LogP contribution in [0.15, 0.2) is 61.4 Å². The third-order valence-electron chi connectivity index (χ3n) is 3.86. The van der Waals surface area contributed by atoms with Crippen LogP contribution in [0.2, 0.25) is 0 Å². The Morgan fingerprint density at radius 2 is 1.60 bits per heavy atom. The number of hydrogen-bond acceptors (Lipinski definition) is 4. The van der Waals surface area contributed by atoms with Gasteiger partial charge in [0.15, 0.2) is 0 Å². The molecule has 1 unspecified atom stereocenters. The van der Waals surface area contributed by atoms with Gasteiger partial charge in [0, 0.05) is 37.2 Å². The third kappa shape index (κ3) is 3.65. The van der Waals surface area contributed by atoms with Crippen LogP contribution in [-0.2, 0) is 6.42 Å². The molecule has 4 rings (SSSR count). The molecular formula is C19H16N6. The van der Waals surface area contributed by atoms with Gasteiger partial charge in [0.25, 0.3) is 0 Å². The molecule has 122 valence electrons. The summed E-state index contributed by atoms with van der Waals surface area (Å²) in [5.74, 6) is -0.0679. The fraction of sp³-hybridized carbons (Fsp3) is 0.158. The second kappa shape index (κ2) is 7.29. The first-order valence-corrected chi connectivity index (χ1v) is 7.82. The van der Waals surface area contributed by atoms with E-state index < -0.39 is 0 Å². The summed E-state index contributed by atoms with van der Waals surface area (Å²) in [6.07, 6.45) is 11.5. The Morgan fingerprint density at radius 1 is 0.960 bits per heavy atom. The van der Waals surface area contributed by atoms with Crippen molar-refractivity contribution < 1.29 is 0 Å². The second-order valence-corrected chi connectivity index (χ2v) is 5.57. The van der Waals surface area contributed by atoms with Gasteiger partial charge in [-0.3, -0.25) is 0 Å². The first kappa shape index (κ1) is 16.2. The molecule has 0 saturated carbocycles. The number of pyridine rings is 2. The molecule has 0 aliphatic carbocycles. The summed E-state index contributed by atoms with van der Waals surface area (Å²) in [7, 11) is 0. The molecule has 0 aliphatic rings. The van der Waals surface area contributed by atoms with Crippen molar-refractivity contribution in [3.05, 3.63) is 72.6 Å². The maximum Gasteiger partial charge on any atom is 0.136 e. The zero-order valence-electron chi connectivity index (χ0n) is 13.7. The van der Waals surface area contributed by atoms with Gasteiger partial charge < -0.3 is 8.80 Å². The maximum absolute atomic E-state index is 8.73. The Labute approximate surface area is 145 Å². The fourth-order valence-corrected chi connectivity index (χ4v) is 2.42. The minimum atomic E-state index is -0.0679. The number of rotatable bonds is 2. The van der Waals surface area contributed by atoms with E-state index in [-0.39, 0.29) is 5.92 Å². The van der Waals surface area contributed by atoms with Crippen molar-refractivity contribution in [2.24, 2.45) is 0 Å². The van der Waals surface area contributed by atoms with Crippen molar-refractivity contribution in [2.75, 3.05) is 0 Å². The Kier molecular flexibility index (Phi) is 4.73. The van der Waals surface area contributed by atoms with E-state index in [0.717, 1.165) is 22.4 Å². The van der Waals surface area contributed by atoms with Gasteiger partial charge in [0.2, 0.25) is 0 Å². The molecule has 1 atom stereocenters. The van der Waals surface area contributed by atoms with Crippen LogP contribution < -0.4 is 0 Å². The number of aromatic nitrogens is 4. The van der Waals surface area contributed by atoms with E-state index in [2.05, 4.69) is 22.1 Å². The predicted molar refractivity (Wildman–Crippen MR) is 93.7 cm³/mol. The van der Waals surface area contributed by atoms with Crippen molar-refractivity contribution in [3.63, 3.8) is 0 Å². The van der Waals surface area contributed by atoms with Crippen LogP contribution in [-0.4, -0.2) is 18.8 Å². The van der Waals surface area contributed by atoms with Crippen LogP contribution in [0.3, 0.4) is 0 Å². The fourth-order valence-electron chi connectivity index (χ4n) is 2.42. The smallest absolute Gasteiger partial charge is 0.136 e. The van der Waals surface area contributed by atoms with E-state index >= 15 is 0 Å². The lowest BCUT2D eigenvalue weighted by molar-refractivity contribution is 0.972. The van der Waals surface area contributed by atoms with Crippen molar-refractivity contribution in [1.29, 1.82) is 10.5 Å². The molecule has 0 aromatic carbocycles. The van der Waals surface area contributed by atoms with E-state index in [9.17, 15) is 0 Å². The molecule has 0 saturated heterocycles. The number of nitriles is 2. The van der Waals surface area contributed by atoms with Crippen LogP contribution in [0.5, 0.6) is 0 Å². The molecule has 0 spiro atoms. The average Bonchev–Trinajstić information content (AvgIpc) is 3.29. The van der Waals surface area contributed by atoms with Crippen LogP contribution in [0.25, 0.3) is 11.3 Å². The van der Waals surface area contributed by atoms with Gasteiger partial charge in [0.05, 0.1) is 24.5 Å². The normalized spacial score (nSPS) is 11.3. The highest BCUT2D eigenvalue weighted by Crippen LogP contribution is 2.15. The molecular weight excluding hydrogens is 312 g/mol. The summed E-state index contributed by atoms with van der Waals surface area (Å²) in [4.78, 5) is 8.26. The zero-order chi connectivity index (χ0) is 17.6. The molecule has 0 fully saturated rings. The van der Waals surface area contributed by atoms with Crippen LogP contribution in [0.1, 0.15) is 24.0 Å². The summed E-state index contributed by atoms with van der Waals surface area (Å²) in [5, 5.41) is 17.2. The van der Waals surface area contributed by atoms with Gasteiger partial charge in [-0.2, -0.15) is 10.5 Å². The van der Waals surface area contributed by atoms with Gasteiger partial charge in [-0.1, -0.05) is 0 Å². The summed E-state index contributed by atoms with van der Waals surface area (Å²) in [5.41, 5.74) is 3.81. The summed E-state index contributed by atoms with van der Waals surface area (Å²) in [6.45, 7) is 1.88. The highest BCUT2D eigenvalue weighted by atomic mass is 15.0. The zero-order valence-corrected chi connectivity index (χ0v) is 13.7. The predicted octanol–water partition coefficient (Wildman–Crippen LogP) is 3.36. The van der Waals surface area contributed by atoms with Gasteiger partial charge in [-0.25, -0.2) is 9.97 Å². The minimum absolute atomic E-state index is 0.0679. The third-order valence-corrected chi connectivity index (χ3v) is 3.86. The van der Waals surface area contributed by atoms with Crippen molar-refractivity contribution in [1.82, 2.24) is 18.8 Å². The Bertz CT molecular complexity index is 1080. The number of fused-ring (bicyclic) bond motifs is 2. The van der Waals surface area contributed by atoms with Crippen molar-refractivity contribution in [2.45, 2.75) is 19.3 Å². The largest absolute Gasteiger partial charge is 0.307 e. The molecule has 0 amide bonds. The molecule has 0 radical (unpaired) electrons. The molecule has 6 heteroatoms. The Morgan fingerprint density at radius 3 is 2.24 bits per heavy atom. The second-order valence-electron chi connectivity index (χ2n) is 5.57. The molecule has 0 bridgehead atoms. The van der Waals surface area contributed by atoms with Crippen LogP contribution in [0.4, 0.5) is 0 Å². The lowest BCUT2D eigenvalue weighted by Gasteiger charge is -2.02. The van der Waals surface area contributed by atoms with Gasteiger partial charge >= 0.3 is 0 Å². The summed E-state index contributed by atoms with van der Waals surface area (Å²) < 4.78 is 3.84. The SMILES string of the molecule is CC(C#N)c1ccn2ccnc2c1.N#CCc1ccn2ccnc2c1. The van der Waals surface area contributed by atoms with E-state index in [4.69, 9.17) is 10.5 Å². The molecule has 6 nitrogen and oxygen atoms in total. The van der Waals surface area contributed by atoms with Gasteiger partial charge in [-0.15, -0.1) is 0 Å². The van der Waals surface area contributed by atoms with Gasteiger partial charge in [0.1, 0.15) is 11.3 Å². The average molecular weight is 328 g/mol. The van der Waals surface area contributed by atoms with E-state index in [1.165, 1.54) is 0 Å². The molecule has 4 aromatic heterocycles. The molecule has 4 heterocycles. The standard InChI is InChI=1S/C10H9N3.C9H7N3/c1-8(7-11)9-2-4-13-5-3-12-10(13)6-9;10-3-1-8-2-5-12-6-4-11-9(12)7-8/h2-6,8H,1H3;2,4-7H,1H2. The number of nitrogens with zero attached hydrogens (tertiary/aromatic N) is 6. The van der Waals surface area contributed by atoms with E-state index in [1.54, 1.807) is 12.4 Å². The highest BCUT2D eigenvalue weighted by Gasteiger charge is 2.04. The molecule has 0 aliphatic heterocycles. The molecule has 25 heavy (non-hydrogen) atoms. The Hall–Kier alpha value is -3.64. The summed E-state index contributed by atoms with van der Waals surface area (Å²) >= 11 is 0. The summed E-state index contributed by atoms with van der Waals surface area (Å²) in [6, 6.07) is 12.0. The van der Waals surface area contributed by atoms with E-state index in [1.807, 2.05) is 64.8 Å².